The minimum absolute atomic E-state index is 0.152. The molecule has 1 atom stereocenters. The molecule has 2 amide bonds. The summed E-state index contributed by atoms with van der Waals surface area (Å²) >= 11 is 5.75. The van der Waals surface area contributed by atoms with E-state index >= 15 is 0 Å². The maximum Gasteiger partial charge on any atom is 0.319 e. The van der Waals surface area contributed by atoms with Crippen molar-refractivity contribution in [1.29, 1.82) is 0 Å². The van der Waals surface area contributed by atoms with Gasteiger partial charge in [-0.05, 0) is 36.6 Å². The Balaban J connectivity index is 2.35. The lowest BCUT2D eigenvalue weighted by atomic mass is 10.0. The SMILES string of the molecule is CCC(CCO)CNC(=O)Nc1ccc(Cl)cc1. The van der Waals surface area contributed by atoms with E-state index in [2.05, 4.69) is 10.6 Å². The van der Waals surface area contributed by atoms with E-state index in [4.69, 9.17) is 16.7 Å². The molecule has 0 aliphatic carbocycles. The van der Waals surface area contributed by atoms with Crippen LogP contribution in [0.1, 0.15) is 19.8 Å². The van der Waals surface area contributed by atoms with Crippen molar-refractivity contribution in [3.63, 3.8) is 0 Å². The summed E-state index contributed by atoms with van der Waals surface area (Å²) in [5.41, 5.74) is 0.701. The fourth-order valence-electron chi connectivity index (χ4n) is 1.58. The van der Waals surface area contributed by atoms with Gasteiger partial charge in [0.25, 0.3) is 0 Å². The highest BCUT2D eigenvalue weighted by Crippen LogP contribution is 2.13. The summed E-state index contributed by atoms with van der Waals surface area (Å²) in [5.74, 6) is 0.311. The lowest BCUT2D eigenvalue weighted by Crippen LogP contribution is -2.33. The molecular formula is C13H19ClN2O2. The Labute approximate surface area is 112 Å². The second kappa shape index (κ2) is 7.95. The molecule has 3 N–H and O–H groups in total. The van der Waals surface area contributed by atoms with Gasteiger partial charge in [0.15, 0.2) is 0 Å². The number of hydrogen-bond acceptors (Lipinski definition) is 2. The van der Waals surface area contributed by atoms with E-state index in [9.17, 15) is 4.79 Å². The van der Waals surface area contributed by atoms with E-state index in [-0.39, 0.29) is 12.6 Å². The van der Waals surface area contributed by atoms with Crippen LogP contribution in [-0.2, 0) is 0 Å². The van der Waals surface area contributed by atoms with Crippen molar-refractivity contribution in [2.45, 2.75) is 19.8 Å². The quantitative estimate of drug-likeness (QED) is 0.744. The number of aliphatic hydroxyl groups is 1. The maximum absolute atomic E-state index is 11.6. The molecule has 1 rings (SSSR count). The molecule has 4 nitrogen and oxygen atoms in total. The number of halogens is 1. The normalized spacial score (nSPS) is 11.9. The highest BCUT2D eigenvalue weighted by Gasteiger charge is 2.08. The summed E-state index contributed by atoms with van der Waals surface area (Å²) in [6.07, 6.45) is 1.64. The molecule has 0 bridgehead atoms. The zero-order valence-corrected chi connectivity index (χ0v) is 11.2. The molecule has 0 aliphatic rings. The number of carbonyl (C=O) groups excluding carboxylic acids is 1. The molecule has 0 aromatic heterocycles. The number of amides is 2. The van der Waals surface area contributed by atoms with Gasteiger partial charge in [-0.25, -0.2) is 4.79 Å². The highest BCUT2D eigenvalue weighted by atomic mass is 35.5. The molecule has 100 valence electrons. The Hall–Kier alpha value is -1.26. The van der Waals surface area contributed by atoms with Crippen molar-refractivity contribution in [2.24, 2.45) is 5.92 Å². The smallest absolute Gasteiger partial charge is 0.319 e. The molecule has 5 heteroatoms. The Kier molecular flexibility index (Phi) is 6.54. The molecule has 0 saturated heterocycles. The summed E-state index contributed by atoms with van der Waals surface area (Å²) in [4.78, 5) is 11.6. The molecule has 0 spiro atoms. The van der Waals surface area contributed by atoms with Crippen LogP contribution < -0.4 is 10.6 Å². The van der Waals surface area contributed by atoms with Crippen LogP contribution in [0.4, 0.5) is 10.5 Å². The van der Waals surface area contributed by atoms with Crippen molar-refractivity contribution in [2.75, 3.05) is 18.5 Å². The van der Waals surface area contributed by atoms with Gasteiger partial charge in [-0.2, -0.15) is 0 Å². The second-order valence-electron chi connectivity index (χ2n) is 4.13. The molecule has 0 aliphatic heterocycles. The molecule has 0 fully saturated rings. The van der Waals surface area contributed by atoms with Gasteiger partial charge >= 0.3 is 6.03 Å². The van der Waals surface area contributed by atoms with Gasteiger partial charge in [0.1, 0.15) is 0 Å². The van der Waals surface area contributed by atoms with Crippen LogP contribution in [0.25, 0.3) is 0 Å². The first-order chi connectivity index (χ1) is 8.65. The van der Waals surface area contributed by atoms with Gasteiger partial charge in [0.05, 0.1) is 0 Å². The van der Waals surface area contributed by atoms with Gasteiger partial charge in [-0.1, -0.05) is 24.9 Å². The summed E-state index contributed by atoms with van der Waals surface area (Å²) in [7, 11) is 0. The number of hydrogen-bond donors (Lipinski definition) is 3. The van der Waals surface area contributed by atoms with Crippen molar-refractivity contribution in [3.05, 3.63) is 29.3 Å². The number of urea groups is 1. The van der Waals surface area contributed by atoms with Crippen LogP contribution in [0.2, 0.25) is 5.02 Å². The van der Waals surface area contributed by atoms with Crippen LogP contribution in [-0.4, -0.2) is 24.3 Å². The van der Waals surface area contributed by atoms with E-state index < -0.39 is 0 Å². The predicted molar refractivity (Wildman–Crippen MR) is 74.0 cm³/mol. The zero-order chi connectivity index (χ0) is 13.4. The van der Waals surface area contributed by atoms with Crippen LogP contribution in [0, 0.1) is 5.92 Å². The van der Waals surface area contributed by atoms with Gasteiger partial charge in [-0.3, -0.25) is 0 Å². The first-order valence-electron chi connectivity index (χ1n) is 6.07. The Morgan fingerprint density at radius 1 is 1.39 bits per heavy atom. The van der Waals surface area contributed by atoms with Gasteiger partial charge in [0.2, 0.25) is 0 Å². The van der Waals surface area contributed by atoms with E-state index in [1.54, 1.807) is 24.3 Å². The fraction of sp³-hybridized carbons (Fsp3) is 0.462. The topological polar surface area (TPSA) is 61.4 Å². The van der Waals surface area contributed by atoms with E-state index in [0.29, 0.717) is 29.6 Å². The molecule has 0 radical (unpaired) electrons. The average molecular weight is 271 g/mol. The summed E-state index contributed by atoms with van der Waals surface area (Å²) in [6, 6.07) is 6.68. The Bertz CT molecular complexity index is 368. The maximum atomic E-state index is 11.6. The fourth-order valence-corrected chi connectivity index (χ4v) is 1.70. The summed E-state index contributed by atoms with van der Waals surface area (Å²) in [5, 5.41) is 15.0. The monoisotopic (exact) mass is 270 g/mol. The number of benzene rings is 1. The van der Waals surface area contributed by atoms with Crippen LogP contribution in [0.5, 0.6) is 0 Å². The Morgan fingerprint density at radius 3 is 2.61 bits per heavy atom. The van der Waals surface area contributed by atoms with E-state index in [1.165, 1.54) is 0 Å². The molecule has 18 heavy (non-hydrogen) atoms. The first-order valence-corrected chi connectivity index (χ1v) is 6.44. The summed E-state index contributed by atoms with van der Waals surface area (Å²) < 4.78 is 0. The lowest BCUT2D eigenvalue weighted by Gasteiger charge is -2.14. The number of rotatable bonds is 6. The molecule has 0 heterocycles. The van der Waals surface area contributed by atoms with E-state index in [0.717, 1.165) is 6.42 Å². The Morgan fingerprint density at radius 2 is 2.06 bits per heavy atom. The minimum atomic E-state index is -0.242. The highest BCUT2D eigenvalue weighted by molar-refractivity contribution is 6.30. The van der Waals surface area contributed by atoms with Crippen LogP contribution >= 0.6 is 11.6 Å². The number of carbonyl (C=O) groups is 1. The van der Waals surface area contributed by atoms with E-state index in [1.807, 2.05) is 6.92 Å². The molecule has 0 saturated carbocycles. The van der Waals surface area contributed by atoms with Crippen molar-refractivity contribution >= 4 is 23.3 Å². The first kappa shape index (κ1) is 14.8. The van der Waals surface area contributed by atoms with Crippen LogP contribution in [0.3, 0.4) is 0 Å². The van der Waals surface area contributed by atoms with Gasteiger partial charge < -0.3 is 15.7 Å². The predicted octanol–water partition coefficient (Wildman–Crippen LogP) is 2.87. The average Bonchev–Trinajstić information content (AvgIpc) is 2.37. The zero-order valence-electron chi connectivity index (χ0n) is 10.4. The van der Waals surface area contributed by atoms with Crippen molar-refractivity contribution < 1.29 is 9.90 Å². The largest absolute Gasteiger partial charge is 0.396 e. The standard InChI is InChI=1S/C13H19ClN2O2/c1-2-10(7-8-17)9-15-13(18)16-12-5-3-11(14)4-6-12/h3-6,10,17H,2,7-9H2,1H3,(H2,15,16,18). The summed E-state index contributed by atoms with van der Waals surface area (Å²) in [6.45, 7) is 2.76. The second-order valence-corrected chi connectivity index (χ2v) is 4.56. The molecule has 1 aromatic rings. The van der Waals surface area contributed by atoms with Crippen molar-refractivity contribution in [1.82, 2.24) is 5.32 Å². The van der Waals surface area contributed by atoms with Crippen LogP contribution in [0.15, 0.2) is 24.3 Å². The minimum Gasteiger partial charge on any atom is -0.396 e. The van der Waals surface area contributed by atoms with Gasteiger partial charge in [0, 0.05) is 23.9 Å². The molecule has 1 unspecified atom stereocenters. The lowest BCUT2D eigenvalue weighted by molar-refractivity contribution is 0.238. The van der Waals surface area contributed by atoms with Gasteiger partial charge in [-0.15, -0.1) is 0 Å². The van der Waals surface area contributed by atoms with Crippen molar-refractivity contribution in [3.8, 4) is 0 Å². The molecular weight excluding hydrogens is 252 g/mol. The number of nitrogens with one attached hydrogen (secondary N) is 2. The number of anilines is 1. The number of aliphatic hydroxyl groups excluding tert-OH is 1. The third-order valence-electron chi connectivity index (χ3n) is 2.77. The molecule has 1 aromatic carbocycles. The third-order valence-corrected chi connectivity index (χ3v) is 3.02. The third kappa shape index (κ3) is 5.38.